The van der Waals surface area contributed by atoms with Crippen LogP contribution in [0.3, 0.4) is 0 Å². The Morgan fingerprint density at radius 2 is 2.04 bits per heavy atom. The minimum atomic E-state index is 0.146. The van der Waals surface area contributed by atoms with Gasteiger partial charge in [-0.2, -0.15) is 5.26 Å². The van der Waals surface area contributed by atoms with Crippen LogP contribution in [0.25, 0.3) is 22.6 Å². The second kappa shape index (κ2) is 6.01. The van der Waals surface area contributed by atoms with Gasteiger partial charge in [-0.3, -0.25) is 0 Å². The molecule has 0 aliphatic heterocycles. The number of rotatable bonds is 3. The zero-order valence-corrected chi connectivity index (χ0v) is 13.5. The molecular formula is C20H18N2O2. The van der Waals surface area contributed by atoms with Crippen molar-refractivity contribution in [3.05, 3.63) is 48.0 Å². The highest BCUT2D eigenvalue weighted by atomic mass is 16.5. The van der Waals surface area contributed by atoms with Crippen molar-refractivity contribution in [1.29, 1.82) is 5.26 Å². The third kappa shape index (κ3) is 2.43. The molecule has 3 aromatic rings. The molecular weight excluding hydrogens is 300 g/mol. The van der Waals surface area contributed by atoms with Crippen LogP contribution in [0, 0.1) is 17.2 Å². The number of methoxy groups -OCH3 is 1. The third-order valence-corrected chi connectivity index (χ3v) is 4.83. The molecule has 1 aliphatic rings. The Morgan fingerprint density at radius 3 is 2.79 bits per heavy atom. The maximum absolute atomic E-state index is 9.16. The van der Waals surface area contributed by atoms with Gasteiger partial charge < -0.3 is 9.15 Å². The zero-order valence-electron chi connectivity index (χ0n) is 13.5. The molecule has 4 heteroatoms. The number of aromatic nitrogens is 1. The molecule has 0 amide bonds. The summed E-state index contributed by atoms with van der Waals surface area (Å²) in [5.74, 6) is 1.89. The summed E-state index contributed by atoms with van der Waals surface area (Å²) in [5, 5.41) is 9.16. The van der Waals surface area contributed by atoms with Gasteiger partial charge in [-0.1, -0.05) is 24.3 Å². The molecule has 0 N–H and O–H groups in total. The van der Waals surface area contributed by atoms with E-state index in [9.17, 15) is 0 Å². The van der Waals surface area contributed by atoms with Crippen molar-refractivity contribution in [2.75, 3.05) is 7.11 Å². The Bertz CT molecular complexity index is 890. The quantitative estimate of drug-likeness (QED) is 0.688. The maximum atomic E-state index is 9.16. The summed E-state index contributed by atoms with van der Waals surface area (Å²) in [6.07, 6.45) is 2.87. The molecule has 0 radical (unpaired) electrons. The molecule has 1 aliphatic carbocycles. The number of hydrogen-bond donors (Lipinski definition) is 0. The van der Waals surface area contributed by atoms with Gasteiger partial charge in [0.1, 0.15) is 11.3 Å². The fourth-order valence-corrected chi connectivity index (χ4v) is 3.64. The van der Waals surface area contributed by atoms with Crippen LogP contribution in [-0.4, -0.2) is 12.1 Å². The van der Waals surface area contributed by atoms with Crippen LogP contribution in [0.2, 0.25) is 0 Å². The lowest BCUT2D eigenvalue weighted by Crippen LogP contribution is -2.00. The van der Waals surface area contributed by atoms with E-state index in [4.69, 9.17) is 14.4 Å². The lowest BCUT2D eigenvalue weighted by molar-refractivity contribution is 0.405. The van der Waals surface area contributed by atoms with E-state index in [1.807, 2.05) is 36.4 Å². The number of hydrogen-bond acceptors (Lipinski definition) is 4. The van der Waals surface area contributed by atoms with Crippen molar-refractivity contribution in [2.45, 2.75) is 25.2 Å². The summed E-state index contributed by atoms with van der Waals surface area (Å²) < 4.78 is 11.6. The van der Waals surface area contributed by atoms with Crippen molar-refractivity contribution < 1.29 is 9.15 Å². The fraction of sp³-hybridized carbons (Fsp3) is 0.300. The summed E-state index contributed by atoms with van der Waals surface area (Å²) >= 11 is 0. The molecule has 120 valence electrons. The maximum Gasteiger partial charge on any atom is 0.231 e. The summed E-state index contributed by atoms with van der Waals surface area (Å²) in [6.45, 7) is 0. The van der Waals surface area contributed by atoms with E-state index in [2.05, 4.69) is 17.1 Å². The van der Waals surface area contributed by atoms with Gasteiger partial charge in [0.25, 0.3) is 0 Å². The Kier molecular flexibility index (Phi) is 3.70. The monoisotopic (exact) mass is 318 g/mol. The van der Waals surface area contributed by atoms with Crippen LogP contribution in [0.15, 0.2) is 46.9 Å². The number of nitriles is 1. The van der Waals surface area contributed by atoms with Crippen LogP contribution < -0.4 is 4.74 Å². The molecule has 2 atom stereocenters. The molecule has 1 saturated carbocycles. The molecule has 4 rings (SSSR count). The van der Waals surface area contributed by atoms with Gasteiger partial charge >= 0.3 is 0 Å². The molecule has 1 fully saturated rings. The summed E-state index contributed by atoms with van der Waals surface area (Å²) in [5.41, 5.74) is 3.62. The summed E-state index contributed by atoms with van der Waals surface area (Å²) in [4.78, 5) is 4.59. The van der Waals surface area contributed by atoms with Crippen LogP contribution in [0.4, 0.5) is 0 Å². The highest BCUT2D eigenvalue weighted by Gasteiger charge is 2.29. The first-order valence-electron chi connectivity index (χ1n) is 8.22. The molecule has 1 aromatic heterocycles. The van der Waals surface area contributed by atoms with Crippen molar-refractivity contribution in [3.63, 3.8) is 0 Å². The lowest BCUT2D eigenvalue weighted by atomic mass is 9.93. The first-order chi connectivity index (χ1) is 11.8. The molecule has 24 heavy (non-hydrogen) atoms. The summed E-state index contributed by atoms with van der Waals surface area (Å²) in [6, 6.07) is 16.2. The van der Waals surface area contributed by atoms with Gasteiger partial charge in [-0.15, -0.1) is 0 Å². The Hall–Kier alpha value is -2.80. The average molecular weight is 318 g/mol. The standard InChI is InChI=1S/C20H18N2O2/c1-23-19-15(14-10-9-13(11-14)12-21)5-4-6-16(19)20-22-17-7-2-3-8-18(17)24-20/h2-8,13-14H,9-11H2,1H3. The van der Waals surface area contributed by atoms with E-state index < -0.39 is 0 Å². The van der Waals surface area contributed by atoms with Gasteiger partial charge in [0.15, 0.2) is 5.58 Å². The SMILES string of the molecule is COc1c(-c2nc3ccccc3o2)cccc1C1CCC(C#N)C1. The van der Waals surface area contributed by atoms with Gasteiger partial charge in [0.05, 0.1) is 18.7 Å². The average Bonchev–Trinajstić information content (AvgIpc) is 3.27. The molecule has 0 saturated heterocycles. The van der Waals surface area contributed by atoms with Crippen molar-refractivity contribution in [2.24, 2.45) is 5.92 Å². The van der Waals surface area contributed by atoms with E-state index in [1.165, 1.54) is 0 Å². The minimum absolute atomic E-state index is 0.146. The Balaban J connectivity index is 1.79. The van der Waals surface area contributed by atoms with Crippen LogP contribution in [0.5, 0.6) is 5.75 Å². The molecule has 0 spiro atoms. The second-order valence-corrected chi connectivity index (χ2v) is 6.25. The third-order valence-electron chi connectivity index (χ3n) is 4.83. The highest BCUT2D eigenvalue weighted by molar-refractivity contribution is 5.78. The van der Waals surface area contributed by atoms with E-state index in [-0.39, 0.29) is 5.92 Å². The number of oxazole rings is 1. The van der Waals surface area contributed by atoms with E-state index in [0.717, 1.165) is 47.2 Å². The molecule has 2 unspecified atom stereocenters. The van der Waals surface area contributed by atoms with Gasteiger partial charge in [0, 0.05) is 5.92 Å². The summed E-state index contributed by atoms with van der Waals surface area (Å²) in [7, 11) is 1.68. The van der Waals surface area contributed by atoms with Crippen LogP contribution >= 0.6 is 0 Å². The fourth-order valence-electron chi connectivity index (χ4n) is 3.64. The number of nitrogens with zero attached hydrogens (tertiary/aromatic N) is 2. The zero-order chi connectivity index (χ0) is 16.5. The van der Waals surface area contributed by atoms with Crippen LogP contribution in [-0.2, 0) is 0 Å². The van der Waals surface area contributed by atoms with E-state index in [1.54, 1.807) is 7.11 Å². The molecule has 2 aromatic carbocycles. The largest absolute Gasteiger partial charge is 0.496 e. The smallest absolute Gasteiger partial charge is 0.231 e. The molecule has 0 bridgehead atoms. The van der Waals surface area contributed by atoms with Crippen molar-refractivity contribution in [3.8, 4) is 23.3 Å². The van der Waals surface area contributed by atoms with Gasteiger partial charge in [-0.05, 0) is 48.9 Å². The number of fused-ring (bicyclic) bond motifs is 1. The topological polar surface area (TPSA) is 59.1 Å². The Morgan fingerprint density at radius 1 is 1.17 bits per heavy atom. The Labute approximate surface area is 140 Å². The molecule has 1 heterocycles. The van der Waals surface area contributed by atoms with Gasteiger partial charge in [-0.25, -0.2) is 4.98 Å². The van der Waals surface area contributed by atoms with Crippen molar-refractivity contribution >= 4 is 11.1 Å². The first-order valence-corrected chi connectivity index (χ1v) is 8.22. The lowest BCUT2D eigenvalue weighted by Gasteiger charge is -2.16. The van der Waals surface area contributed by atoms with Crippen LogP contribution in [0.1, 0.15) is 30.7 Å². The minimum Gasteiger partial charge on any atom is -0.496 e. The number of benzene rings is 2. The normalized spacial score (nSPS) is 20.2. The predicted octanol–water partition coefficient (Wildman–Crippen LogP) is 4.91. The van der Waals surface area contributed by atoms with Gasteiger partial charge in [0.2, 0.25) is 5.89 Å². The second-order valence-electron chi connectivity index (χ2n) is 6.25. The molecule has 4 nitrogen and oxygen atoms in total. The number of ether oxygens (including phenoxy) is 1. The first kappa shape index (κ1) is 14.8. The van der Waals surface area contributed by atoms with E-state index in [0.29, 0.717) is 11.8 Å². The highest BCUT2D eigenvalue weighted by Crippen LogP contribution is 2.44. The van der Waals surface area contributed by atoms with Crippen molar-refractivity contribution in [1.82, 2.24) is 4.98 Å². The number of para-hydroxylation sites is 3. The predicted molar refractivity (Wildman–Crippen MR) is 91.7 cm³/mol. The van der Waals surface area contributed by atoms with E-state index >= 15 is 0 Å².